The number of nitro groups is 1. The van der Waals surface area contributed by atoms with Crippen LogP contribution in [0.1, 0.15) is 31.2 Å². The van der Waals surface area contributed by atoms with Crippen molar-refractivity contribution in [3.8, 4) is 0 Å². The molecule has 0 bridgehead atoms. The minimum atomic E-state index is -0.379. The molecule has 1 saturated carbocycles. The van der Waals surface area contributed by atoms with E-state index < -0.39 is 0 Å². The first kappa shape index (κ1) is 15.7. The van der Waals surface area contributed by atoms with Crippen molar-refractivity contribution < 1.29 is 10.0 Å². The monoisotopic (exact) mass is 293 g/mol. The lowest BCUT2D eigenvalue weighted by atomic mass is 9.90. The minimum Gasteiger partial charge on any atom is -0.392 e. The van der Waals surface area contributed by atoms with E-state index in [1.165, 1.54) is 12.5 Å². The fraction of sp³-hybridized carbons (Fsp3) is 0.600. The van der Waals surface area contributed by atoms with E-state index in [1.54, 1.807) is 12.1 Å². The zero-order valence-corrected chi connectivity index (χ0v) is 12.6. The summed E-state index contributed by atoms with van der Waals surface area (Å²) in [4.78, 5) is 13.0. The lowest BCUT2D eigenvalue weighted by molar-refractivity contribution is -0.384. The molecule has 2 unspecified atom stereocenters. The molecule has 1 aromatic rings. The number of rotatable bonds is 5. The maximum absolute atomic E-state index is 11.1. The van der Waals surface area contributed by atoms with Gasteiger partial charge in [0, 0.05) is 18.2 Å². The van der Waals surface area contributed by atoms with Crippen LogP contribution in [0.5, 0.6) is 0 Å². The zero-order chi connectivity index (χ0) is 15.4. The molecule has 21 heavy (non-hydrogen) atoms. The average molecular weight is 293 g/mol. The first-order valence-corrected chi connectivity index (χ1v) is 7.32. The molecule has 0 spiro atoms. The number of nitrogens with zero attached hydrogens (tertiary/aromatic N) is 2. The normalized spacial score (nSPS) is 22.3. The second-order valence-corrected chi connectivity index (χ2v) is 5.89. The van der Waals surface area contributed by atoms with Gasteiger partial charge in [0.1, 0.15) is 5.69 Å². The van der Waals surface area contributed by atoms with Crippen LogP contribution in [-0.4, -0.2) is 41.1 Å². The highest BCUT2D eigenvalue weighted by molar-refractivity contribution is 5.63. The number of nitrogens with one attached hydrogen (secondary N) is 1. The summed E-state index contributed by atoms with van der Waals surface area (Å²) in [5.41, 5.74) is 1.26. The molecule has 1 aliphatic rings. The highest BCUT2D eigenvalue weighted by Crippen LogP contribution is 2.30. The molecule has 1 fully saturated rings. The molecule has 0 aromatic heterocycles. The number of hydrogen-bond donors (Lipinski definition) is 2. The van der Waals surface area contributed by atoms with Gasteiger partial charge in [0.2, 0.25) is 0 Å². The molecule has 0 saturated heterocycles. The molecule has 0 heterocycles. The molecule has 116 valence electrons. The van der Waals surface area contributed by atoms with Crippen LogP contribution in [0.15, 0.2) is 18.2 Å². The Labute approximate surface area is 124 Å². The zero-order valence-electron chi connectivity index (χ0n) is 12.6. The summed E-state index contributed by atoms with van der Waals surface area (Å²) in [6.07, 6.45) is 4.29. The van der Waals surface area contributed by atoms with Gasteiger partial charge in [-0.1, -0.05) is 0 Å². The second kappa shape index (κ2) is 6.87. The maximum Gasteiger partial charge on any atom is 0.292 e. The third-order valence-electron chi connectivity index (χ3n) is 4.18. The van der Waals surface area contributed by atoms with Gasteiger partial charge < -0.3 is 15.3 Å². The van der Waals surface area contributed by atoms with Crippen molar-refractivity contribution in [2.75, 3.05) is 19.4 Å². The maximum atomic E-state index is 11.1. The third kappa shape index (κ3) is 3.92. The lowest BCUT2D eigenvalue weighted by Crippen LogP contribution is -2.38. The van der Waals surface area contributed by atoms with Gasteiger partial charge in [0.15, 0.2) is 0 Å². The van der Waals surface area contributed by atoms with Crippen molar-refractivity contribution in [2.24, 2.45) is 0 Å². The molecule has 0 aliphatic heterocycles. The summed E-state index contributed by atoms with van der Waals surface area (Å²) < 4.78 is 0. The van der Waals surface area contributed by atoms with E-state index in [9.17, 15) is 15.2 Å². The number of benzene rings is 1. The summed E-state index contributed by atoms with van der Waals surface area (Å²) in [6, 6.07) is 5.47. The van der Waals surface area contributed by atoms with Crippen molar-refractivity contribution >= 4 is 11.4 Å². The van der Waals surface area contributed by atoms with Gasteiger partial charge in [-0.05, 0) is 57.5 Å². The van der Waals surface area contributed by atoms with Gasteiger partial charge in [-0.25, -0.2) is 0 Å². The van der Waals surface area contributed by atoms with Gasteiger partial charge >= 0.3 is 0 Å². The van der Waals surface area contributed by atoms with E-state index in [1.807, 2.05) is 0 Å². The molecule has 2 atom stereocenters. The summed E-state index contributed by atoms with van der Waals surface area (Å²) in [5, 5.41) is 23.6. The van der Waals surface area contributed by atoms with E-state index in [2.05, 4.69) is 24.3 Å². The summed E-state index contributed by atoms with van der Waals surface area (Å²) in [7, 11) is 4.14. The Morgan fingerprint density at radius 1 is 1.43 bits per heavy atom. The molecule has 1 aliphatic carbocycles. The molecule has 1 aromatic carbocycles. The summed E-state index contributed by atoms with van der Waals surface area (Å²) in [6.45, 7) is -0.113. The van der Waals surface area contributed by atoms with Crippen LogP contribution in [0.4, 0.5) is 11.4 Å². The minimum absolute atomic E-state index is 0.0687. The van der Waals surface area contributed by atoms with E-state index >= 15 is 0 Å². The Morgan fingerprint density at radius 3 is 2.81 bits per heavy atom. The molecular formula is C15H23N3O3. The van der Waals surface area contributed by atoms with E-state index in [0.29, 0.717) is 17.3 Å². The molecular weight excluding hydrogens is 270 g/mol. The Hall–Kier alpha value is -1.66. The smallest absolute Gasteiger partial charge is 0.292 e. The van der Waals surface area contributed by atoms with Crippen LogP contribution in [0.3, 0.4) is 0 Å². The van der Waals surface area contributed by atoms with Crippen molar-refractivity contribution in [3.63, 3.8) is 0 Å². The molecule has 2 rings (SSSR count). The van der Waals surface area contributed by atoms with Crippen LogP contribution in [0.25, 0.3) is 0 Å². The van der Waals surface area contributed by atoms with Crippen molar-refractivity contribution in [2.45, 2.75) is 44.4 Å². The second-order valence-electron chi connectivity index (χ2n) is 5.89. The highest BCUT2D eigenvalue weighted by Gasteiger charge is 2.25. The van der Waals surface area contributed by atoms with Crippen molar-refractivity contribution in [3.05, 3.63) is 33.9 Å². The third-order valence-corrected chi connectivity index (χ3v) is 4.18. The molecule has 0 radical (unpaired) electrons. The largest absolute Gasteiger partial charge is 0.392 e. The van der Waals surface area contributed by atoms with Crippen LogP contribution in [0, 0.1) is 10.1 Å². The van der Waals surface area contributed by atoms with Gasteiger partial charge in [-0.15, -0.1) is 0 Å². The van der Waals surface area contributed by atoms with Gasteiger partial charge in [0.25, 0.3) is 5.69 Å². The predicted octanol–water partition coefficient (Wildman–Crippen LogP) is 2.37. The number of nitro benzene ring substituents is 1. The number of hydrogen-bond acceptors (Lipinski definition) is 5. The quantitative estimate of drug-likeness (QED) is 0.643. The highest BCUT2D eigenvalue weighted by atomic mass is 16.6. The van der Waals surface area contributed by atoms with Crippen LogP contribution >= 0.6 is 0 Å². The predicted molar refractivity (Wildman–Crippen MR) is 82.4 cm³/mol. The number of aliphatic hydroxyl groups is 1. The first-order chi connectivity index (χ1) is 10.0. The molecule has 6 heteroatoms. The van der Waals surface area contributed by atoms with Crippen molar-refractivity contribution in [1.29, 1.82) is 0 Å². The SMILES string of the molecule is CN(C)C1CCCC(Nc2cc(CO)ccc2[N+](=O)[O-])C1. The Kier molecular flexibility index (Phi) is 5.14. The van der Waals surface area contributed by atoms with Crippen LogP contribution in [0.2, 0.25) is 0 Å². The number of anilines is 1. The van der Waals surface area contributed by atoms with E-state index in [0.717, 1.165) is 19.3 Å². The van der Waals surface area contributed by atoms with Crippen molar-refractivity contribution in [1.82, 2.24) is 4.90 Å². The first-order valence-electron chi connectivity index (χ1n) is 7.32. The fourth-order valence-corrected chi connectivity index (χ4v) is 2.94. The standard InChI is InChI=1S/C15H23N3O3/c1-17(2)13-5-3-4-12(9-13)16-14-8-11(10-19)6-7-15(14)18(20)21/h6-8,12-13,16,19H,3-5,9-10H2,1-2H3. The Bertz CT molecular complexity index is 505. The van der Waals surface area contributed by atoms with Gasteiger partial charge in [-0.2, -0.15) is 0 Å². The Morgan fingerprint density at radius 2 is 2.19 bits per heavy atom. The van der Waals surface area contributed by atoms with E-state index in [4.69, 9.17) is 0 Å². The van der Waals surface area contributed by atoms with Crippen LogP contribution < -0.4 is 5.32 Å². The fourth-order valence-electron chi connectivity index (χ4n) is 2.94. The Balaban J connectivity index is 2.15. The number of aliphatic hydroxyl groups excluding tert-OH is 1. The summed E-state index contributed by atoms with van der Waals surface area (Å²) >= 11 is 0. The van der Waals surface area contributed by atoms with Crippen LogP contribution in [-0.2, 0) is 6.61 Å². The lowest BCUT2D eigenvalue weighted by Gasteiger charge is -2.34. The van der Waals surface area contributed by atoms with Gasteiger partial charge in [0.05, 0.1) is 11.5 Å². The van der Waals surface area contributed by atoms with E-state index in [-0.39, 0.29) is 23.3 Å². The molecule has 0 amide bonds. The molecule has 6 nitrogen and oxygen atoms in total. The summed E-state index contributed by atoms with van der Waals surface area (Å²) in [5.74, 6) is 0. The average Bonchev–Trinajstić information content (AvgIpc) is 2.47. The van der Waals surface area contributed by atoms with Gasteiger partial charge in [-0.3, -0.25) is 10.1 Å². The molecule has 2 N–H and O–H groups in total. The topological polar surface area (TPSA) is 78.6 Å².